The molecular formula is C13H18FN3O2S. The summed E-state index contributed by atoms with van der Waals surface area (Å²) in [7, 11) is -3.81. The van der Waals surface area contributed by atoms with Crippen molar-refractivity contribution < 1.29 is 12.8 Å². The molecule has 3 rings (SSSR count). The molecule has 3 heterocycles. The summed E-state index contributed by atoms with van der Waals surface area (Å²) in [5.41, 5.74) is 0. The summed E-state index contributed by atoms with van der Waals surface area (Å²) in [6.07, 6.45) is 4.48. The number of pyridine rings is 1. The minimum absolute atomic E-state index is 0.263. The molecule has 0 amide bonds. The lowest BCUT2D eigenvalue weighted by molar-refractivity contribution is 0.251. The number of halogens is 1. The highest BCUT2D eigenvalue weighted by Crippen LogP contribution is 2.25. The van der Waals surface area contributed by atoms with Gasteiger partial charge in [0, 0.05) is 25.3 Å². The number of rotatable bonds is 3. The Morgan fingerprint density at radius 3 is 2.70 bits per heavy atom. The van der Waals surface area contributed by atoms with E-state index in [1.807, 2.05) is 0 Å². The molecule has 1 unspecified atom stereocenters. The van der Waals surface area contributed by atoms with E-state index in [0.717, 1.165) is 25.6 Å². The van der Waals surface area contributed by atoms with E-state index in [2.05, 4.69) is 9.88 Å². The lowest BCUT2D eigenvalue weighted by Gasteiger charge is -2.23. The molecule has 20 heavy (non-hydrogen) atoms. The molecule has 0 radical (unpaired) electrons. The fourth-order valence-electron chi connectivity index (χ4n) is 3.02. The van der Waals surface area contributed by atoms with Gasteiger partial charge >= 0.3 is 0 Å². The minimum Gasteiger partial charge on any atom is -0.299 e. The summed E-state index contributed by atoms with van der Waals surface area (Å²) >= 11 is 0. The lowest BCUT2D eigenvalue weighted by Crippen LogP contribution is -2.37. The van der Waals surface area contributed by atoms with E-state index in [-0.39, 0.29) is 6.04 Å². The minimum atomic E-state index is -3.81. The largest absolute Gasteiger partial charge is 0.299 e. The van der Waals surface area contributed by atoms with Crippen molar-refractivity contribution in [3.8, 4) is 0 Å². The topological polar surface area (TPSA) is 53.5 Å². The van der Waals surface area contributed by atoms with E-state index in [0.29, 0.717) is 13.1 Å². The van der Waals surface area contributed by atoms with Gasteiger partial charge in [-0.1, -0.05) is 0 Å². The van der Waals surface area contributed by atoms with Crippen LogP contribution in [0.15, 0.2) is 23.4 Å². The predicted octanol–water partition coefficient (Wildman–Crippen LogP) is 1.08. The molecule has 1 aromatic heterocycles. The Morgan fingerprint density at radius 2 is 2.00 bits per heavy atom. The molecule has 2 fully saturated rings. The van der Waals surface area contributed by atoms with E-state index in [9.17, 15) is 12.8 Å². The quantitative estimate of drug-likeness (QED) is 0.838. The summed E-state index contributed by atoms with van der Waals surface area (Å²) < 4.78 is 39.9. The summed E-state index contributed by atoms with van der Waals surface area (Å²) in [5, 5.41) is -0.456. The van der Waals surface area contributed by atoms with E-state index in [4.69, 9.17) is 0 Å². The Balaban J connectivity index is 1.78. The second-order valence-electron chi connectivity index (χ2n) is 5.34. The van der Waals surface area contributed by atoms with Gasteiger partial charge in [-0.3, -0.25) is 4.90 Å². The first kappa shape index (κ1) is 13.9. The molecule has 0 saturated carbocycles. The normalized spacial score (nSPS) is 25.4. The van der Waals surface area contributed by atoms with Gasteiger partial charge in [-0.05, 0) is 44.5 Å². The summed E-state index contributed by atoms with van der Waals surface area (Å²) in [4.78, 5) is 6.04. The smallest absolute Gasteiger partial charge is 0.263 e. The van der Waals surface area contributed by atoms with Crippen LogP contribution in [0.3, 0.4) is 0 Å². The van der Waals surface area contributed by atoms with Crippen LogP contribution in [-0.4, -0.2) is 54.8 Å². The Kier molecular flexibility index (Phi) is 3.74. The molecular weight excluding hydrogens is 281 g/mol. The first-order chi connectivity index (χ1) is 9.59. The van der Waals surface area contributed by atoms with Crippen LogP contribution in [0, 0.1) is 5.82 Å². The van der Waals surface area contributed by atoms with Crippen LogP contribution in [0.2, 0.25) is 0 Å². The van der Waals surface area contributed by atoms with Gasteiger partial charge in [0.15, 0.2) is 5.82 Å². The zero-order chi connectivity index (χ0) is 14.2. The zero-order valence-corrected chi connectivity index (χ0v) is 12.0. The van der Waals surface area contributed by atoms with Gasteiger partial charge in [-0.25, -0.2) is 17.8 Å². The highest BCUT2D eigenvalue weighted by Gasteiger charge is 2.37. The Bertz CT molecular complexity index is 587. The van der Waals surface area contributed by atoms with Gasteiger partial charge in [-0.2, -0.15) is 4.31 Å². The van der Waals surface area contributed by atoms with Gasteiger partial charge in [-0.15, -0.1) is 0 Å². The molecule has 7 heteroatoms. The fraction of sp³-hybridized carbons (Fsp3) is 0.615. The maximum absolute atomic E-state index is 13.7. The van der Waals surface area contributed by atoms with Crippen LogP contribution in [0.5, 0.6) is 0 Å². The van der Waals surface area contributed by atoms with Crippen molar-refractivity contribution in [2.45, 2.75) is 30.3 Å². The van der Waals surface area contributed by atoms with Crippen molar-refractivity contribution in [2.24, 2.45) is 0 Å². The van der Waals surface area contributed by atoms with Crippen LogP contribution in [-0.2, 0) is 10.0 Å². The number of aromatic nitrogens is 1. The van der Waals surface area contributed by atoms with Gasteiger partial charge in [0.25, 0.3) is 10.0 Å². The molecule has 110 valence electrons. The van der Waals surface area contributed by atoms with Crippen molar-refractivity contribution in [1.29, 1.82) is 0 Å². The Labute approximate surface area is 118 Å². The molecule has 2 aliphatic rings. The van der Waals surface area contributed by atoms with E-state index in [1.165, 1.54) is 29.4 Å². The molecule has 2 saturated heterocycles. The number of hydrogen-bond acceptors (Lipinski definition) is 4. The van der Waals surface area contributed by atoms with Crippen LogP contribution < -0.4 is 0 Å². The van der Waals surface area contributed by atoms with Crippen molar-refractivity contribution in [3.05, 3.63) is 24.1 Å². The maximum Gasteiger partial charge on any atom is 0.263 e. The third-order valence-corrected chi connectivity index (χ3v) is 5.89. The van der Waals surface area contributed by atoms with E-state index in [1.54, 1.807) is 0 Å². The lowest BCUT2D eigenvalue weighted by atomic mass is 10.2. The molecule has 5 nitrogen and oxygen atoms in total. The number of hydrogen-bond donors (Lipinski definition) is 0. The molecule has 1 aromatic rings. The highest BCUT2D eigenvalue weighted by molar-refractivity contribution is 7.89. The number of nitrogens with zero attached hydrogens (tertiary/aromatic N) is 3. The van der Waals surface area contributed by atoms with Crippen LogP contribution in [0.25, 0.3) is 0 Å². The Hall–Kier alpha value is -1.05. The van der Waals surface area contributed by atoms with Gasteiger partial charge in [0.1, 0.15) is 0 Å². The molecule has 0 spiro atoms. The fourth-order valence-corrected chi connectivity index (χ4v) is 4.48. The molecule has 2 aliphatic heterocycles. The first-order valence-corrected chi connectivity index (χ1v) is 8.38. The maximum atomic E-state index is 13.7. The van der Waals surface area contributed by atoms with E-state index < -0.39 is 20.9 Å². The number of sulfonamides is 1. The third-order valence-electron chi connectivity index (χ3n) is 4.09. The van der Waals surface area contributed by atoms with Gasteiger partial charge in [0.05, 0.1) is 0 Å². The highest BCUT2D eigenvalue weighted by atomic mass is 32.2. The molecule has 0 aromatic carbocycles. The van der Waals surface area contributed by atoms with Gasteiger partial charge < -0.3 is 0 Å². The summed E-state index contributed by atoms with van der Waals surface area (Å²) in [6.45, 7) is 2.96. The van der Waals surface area contributed by atoms with Crippen molar-refractivity contribution in [1.82, 2.24) is 14.2 Å². The number of likely N-dealkylation sites (tertiary alicyclic amines) is 1. The molecule has 0 aliphatic carbocycles. The zero-order valence-electron chi connectivity index (χ0n) is 11.2. The summed E-state index contributed by atoms with van der Waals surface area (Å²) in [5.74, 6) is -0.780. The van der Waals surface area contributed by atoms with Crippen LogP contribution >= 0.6 is 0 Å². The van der Waals surface area contributed by atoms with Crippen molar-refractivity contribution >= 4 is 10.0 Å². The predicted molar refractivity (Wildman–Crippen MR) is 72.2 cm³/mol. The standard InChI is InChI=1S/C13H18FN3O2S/c14-12-4-3-6-15-13(12)20(18,19)17-9-5-11(10-17)16-7-1-2-8-16/h3-4,6,11H,1-2,5,7-10H2. The monoisotopic (exact) mass is 299 g/mol. The SMILES string of the molecule is O=S(=O)(c1ncccc1F)N1CCC(N2CCCC2)C1. The average molecular weight is 299 g/mol. The third kappa shape index (κ3) is 2.45. The second kappa shape index (κ2) is 5.38. The van der Waals surface area contributed by atoms with Crippen LogP contribution in [0.4, 0.5) is 4.39 Å². The van der Waals surface area contributed by atoms with Crippen LogP contribution in [0.1, 0.15) is 19.3 Å². The first-order valence-electron chi connectivity index (χ1n) is 6.94. The molecule has 1 atom stereocenters. The Morgan fingerprint density at radius 1 is 1.25 bits per heavy atom. The van der Waals surface area contributed by atoms with Crippen molar-refractivity contribution in [2.75, 3.05) is 26.2 Å². The van der Waals surface area contributed by atoms with Gasteiger partial charge in [0.2, 0.25) is 5.03 Å². The molecule has 0 bridgehead atoms. The van der Waals surface area contributed by atoms with Crippen molar-refractivity contribution in [3.63, 3.8) is 0 Å². The second-order valence-corrected chi connectivity index (χ2v) is 7.19. The molecule has 0 N–H and O–H groups in total. The van der Waals surface area contributed by atoms with E-state index >= 15 is 0 Å². The average Bonchev–Trinajstić information content (AvgIpc) is 3.10. The summed E-state index contributed by atoms with van der Waals surface area (Å²) in [6, 6.07) is 2.79.